The van der Waals surface area contributed by atoms with Crippen molar-refractivity contribution in [1.82, 2.24) is 0 Å². The SMILES string of the molecule is OC(c1ccc(Cl)cc1)c1cc(Br)ccc1I. The molecule has 1 N–H and O–H groups in total. The van der Waals surface area contributed by atoms with Gasteiger partial charge in [-0.1, -0.05) is 39.7 Å². The van der Waals surface area contributed by atoms with Crippen LogP contribution in [0.25, 0.3) is 0 Å². The second kappa shape index (κ2) is 5.69. The molecule has 2 aromatic rings. The van der Waals surface area contributed by atoms with Crippen LogP contribution in [0.3, 0.4) is 0 Å². The highest BCUT2D eigenvalue weighted by Crippen LogP contribution is 2.29. The molecule has 0 amide bonds. The van der Waals surface area contributed by atoms with Gasteiger partial charge >= 0.3 is 0 Å². The molecule has 0 saturated heterocycles. The third kappa shape index (κ3) is 3.22. The summed E-state index contributed by atoms with van der Waals surface area (Å²) in [4.78, 5) is 0. The van der Waals surface area contributed by atoms with E-state index < -0.39 is 6.10 Å². The number of hydrogen-bond donors (Lipinski definition) is 1. The van der Waals surface area contributed by atoms with Crippen LogP contribution in [0.15, 0.2) is 46.9 Å². The van der Waals surface area contributed by atoms with Gasteiger partial charge in [0.25, 0.3) is 0 Å². The van der Waals surface area contributed by atoms with Crippen molar-refractivity contribution in [3.8, 4) is 0 Å². The summed E-state index contributed by atoms with van der Waals surface area (Å²) in [5.41, 5.74) is 1.73. The van der Waals surface area contributed by atoms with Crippen molar-refractivity contribution in [2.45, 2.75) is 6.10 Å². The fourth-order valence-electron chi connectivity index (χ4n) is 1.55. The number of rotatable bonds is 2. The van der Waals surface area contributed by atoms with Crippen LogP contribution in [0.2, 0.25) is 5.02 Å². The summed E-state index contributed by atoms with van der Waals surface area (Å²) < 4.78 is 1.99. The highest BCUT2D eigenvalue weighted by atomic mass is 127. The second-order valence-electron chi connectivity index (χ2n) is 3.62. The average molecular weight is 423 g/mol. The Balaban J connectivity index is 2.39. The van der Waals surface area contributed by atoms with Gasteiger partial charge in [0.15, 0.2) is 0 Å². The van der Waals surface area contributed by atoms with E-state index in [-0.39, 0.29) is 0 Å². The van der Waals surface area contributed by atoms with Gasteiger partial charge < -0.3 is 5.11 Å². The molecule has 2 rings (SSSR count). The Morgan fingerprint density at radius 2 is 1.76 bits per heavy atom. The topological polar surface area (TPSA) is 20.2 Å². The molecule has 0 aliphatic rings. The molecule has 1 atom stereocenters. The molecule has 0 aliphatic carbocycles. The molecule has 4 heteroatoms. The molecular formula is C13H9BrClIO. The minimum Gasteiger partial charge on any atom is -0.384 e. The van der Waals surface area contributed by atoms with Gasteiger partial charge in [-0.3, -0.25) is 0 Å². The average Bonchev–Trinajstić information content (AvgIpc) is 2.32. The van der Waals surface area contributed by atoms with E-state index in [1.54, 1.807) is 12.1 Å². The standard InChI is InChI=1S/C13H9BrClIO/c14-9-3-6-12(16)11(7-9)13(17)8-1-4-10(15)5-2-8/h1-7,13,17H. The van der Waals surface area contributed by atoms with Crippen molar-refractivity contribution >= 4 is 50.1 Å². The number of halogens is 3. The van der Waals surface area contributed by atoms with E-state index >= 15 is 0 Å². The van der Waals surface area contributed by atoms with Crippen LogP contribution in [0.1, 0.15) is 17.2 Å². The molecule has 0 saturated carbocycles. The monoisotopic (exact) mass is 422 g/mol. The number of aliphatic hydroxyl groups excluding tert-OH is 1. The highest BCUT2D eigenvalue weighted by Gasteiger charge is 2.13. The number of hydrogen-bond acceptors (Lipinski definition) is 1. The predicted octanol–water partition coefficient (Wildman–Crippen LogP) is 4.79. The van der Waals surface area contributed by atoms with E-state index in [1.807, 2.05) is 30.3 Å². The first-order valence-electron chi connectivity index (χ1n) is 4.96. The predicted molar refractivity (Wildman–Crippen MR) is 82.4 cm³/mol. The lowest BCUT2D eigenvalue weighted by atomic mass is 10.0. The molecule has 1 unspecified atom stereocenters. The summed E-state index contributed by atoms with van der Waals surface area (Å²) in [5, 5.41) is 11.0. The molecule has 88 valence electrons. The van der Waals surface area contributed by atoms with Gasteiger partial charge in [0.05, 0.1) is 0 Å². The van der Waals surface area contributed by atoms with Crippen molar-refractivity contribution in [1.29, 1.82) is 0 Å². The Morgan fingerprint density at radius 3 is 2.41 bits per heavy atom. The third-order valence-electron chi connectivity index (χ3n) is 2.44. The van der Waals surface area contributed by atoms with Gasteiger partial charge in [0, 0.05) is 13.1 Å². The molecular weight excluding hydrogens is 414 g/mol. The normalized spacial score (nSPS) is 12.5. The molecule has 0 spiro atoms. The summed E-state index contributed by atoms with van der Waals surface area (Å²) >= 11 is 11.5. The Hall–Kier alpha value is -0.100. The summed E-state index contributed by atoms with van der Waals surface area (Å²) in [6.07, 6.45) is -0.628. The molecule has 0 radical (unpaired) electrons. The van der Waals surface area contributed by atoms with E-state index in [2.05, 4.69) is 38.5 Å². The van der Waals surface area contributed by atoms with Gasteiger partial charge in [-0.15, -0.1) is 0 Å². The first kappa shape index (κ1) is 13.3. The Kier molecular flexibility index (Phi) is 4.47. The van der Waals surface area contributed by atoms with Crippen molar-refractivity contribution in [3.05, 3.63) is 66.7 Å². The van der Waals surface area contributed by atoms with Crippen LogP contribution in [-0.4, -0.2) is 5.11 Å². The summed E-state index contributed by atoms with van der Waals surface area (Å²) in [6.45, 7) is 0. The fraction of sp³-hybridized carbons (Fsp3) is 0.0769. The minimum atomic E-state index is -0.628. The smallest absolute Gasteiger partial charge is 0.105 e. The first-order chi connectivity index (χ1) is 8.08. The minimum absolute atomic E-state index is 0.628. The van der Waals surface area contributed by atoms with Crippen LogP contribution in [0.5, 0.6) is 0 Å². The molecule has 1 nitrogen and oxygen atoms in total. The first-order valence-corrected chi connectivity index (χ1v) is 7.21. The Bertz CT molecular complexity index is 527. The maximum atomic E-state index is 10.3. The van der Waals surface area contributed by atoms with Crippen LogP contribution < -0.4 is 0 Å². The van der Waals surface area contributed by atoms with E-state index in [0.29, 0.717) is 5.02 Å². The fourth-order valence-corrected chi connectivity index (χ4v) is 2.68. The van der Waals surface area contributed by atoms with E-state index in [0.717, 1.165) is 19.2 Å². The maximum absolute atomic E-state index is 10.3. The third-order valence-corrected chi connectivity index (χ3v) is 4.17. The van der Waals surface area contributed by atoms with Crippen LogP contribution >= 0.6 is 50.1 Å². The largest absolute Gasteiger partial charge is 0.384 e. The summed E-state index contributed by atoms with van der Waals surface area (Å²) in [6, 6.07) is 13.1. The van der Waals surface area contributed by atoms with E-state index in [4.69, 9.17) is 11.6 Å². The zero-order chi connectivity index (χ0) is 12.4. The van der Waals surface area contributed by atoms with Crippen LogP contribution in [0, 0.1) is 3.57 Å². The van der Waals surface area contributed by atoms with Crippen molar-refractivity contribution in [3.63, 3.8) is 0 Å². The Morgan fingerprint density at radius 1 is 1.12 bits per heavy atom. The molecule has 0 aromatic heterocycles. The second-order valence-corrected chi connectivity index (χ2v) is 6.13. The zero-order valence-corrected chi connectivity index (χ0v) is 13.2. The van der Waals surface area contributed by atoms with Crippen molar-refractivity contribution in [2.24, 2.45) is 0 Å². The van der Waals surface area contributed by atoms with Gasteiger partial charge in [0.1, 0.15) is 6.10 Å². The summed E-state index contributed by atoms with van der Waals surface area (Å²) in [7, 11) is 0. The lowest BCUT2D eigenvalue weighted by Crippen LogP contribution is -2.01. The van der Waals surface area contributed by atoms with Crippen molar-refractivity contribution < 1.29 is 5.11 Å². The Labute approximate surface area is 127 Å². The van der Waals surface area contributed by atoms with Gasteiger partial charge in [-0.2, -0.15) is 0 Å². The molecule has 17 heavy (non-hydrogen) atoms. The number of benzene rings is 2. The van der Waals surface area contributed by atoms with Gasteiger partial charge in [-0.05, 0) is 64.0 Å². The highest BCUT2D eigenvalue weighted by molar-refractivity contribution is 14.1. The van der Waals surface area contributed by atoms with Crippen LogP contribution in [-0.2, 0) is 0 Å². The molecule has 0 fully saturated rings. The van der Waals surface area contributed by atoms with E-state index in [9.17, 15) is 5.11 Å². The van der Waals surface area contributed by atoms with Crippen molar-refractivity contribution in [2.75, 3.05) is 0 Å². The molecule has 0 heterocycles. The molecule has 0 bridgehead atoms. The quantitative estimate of drug-likeness (QED) is 0.689. The molecule has 2 aromatic carbocycles. The maximum Gasteiger partial charge on any atom is 0.105 e. The van der Waals surface area contributed by atoms with Gasteiger partial charge in [-0.25, -0.2) is 0 Å². The lowest BCUT2D eigenvalue weighted by Gasteiger charge is -2.13. The summed E-state index contributed by atoms with van der Waals surface area (Å²) in [5.74, 6) is 0. The lowest BCUT2D eigenvalue weighted by molar-refractivity contribution is 0.219. The van der Waals surface area contributed by atoms with Gasteiger partial charge in [0.2, 0.25) is 0 Å². The van der Waals surface area contributed by atoms with E-state index in [1.165, 1.54) is 0 Å². The zero-order valence-electron chi connectivity index (χ0n) is 8.70. The number of aliphatic hydroxyl groups is 1. The molecule has 0 aliphatic heterocycles. The van der Waals surface area contributed by atoms with Crippen LogP contribution in [0.4, 0.5) is 0 Å².